The van der Waals surface area contributed by atoms with Gasteiger partial charge in [-0.1, -0.05) is 42.5 Å². The number of rotatable bonds is 6. The Morgan fingerprint density at radius 1 is 1.00 bits per heavy atom. The predicted molar refractivity (Wildman–Crippen MR) is 77.0 cm³/mol. The summed E-state index contributed by atoms with van der Waals surface area (Å²) in [5.41, 5.74) is 1.00. The Balaban J connectivity index is 2.31. The van der Waals surface area contributed by atoms with Gasteiger partial charge in [0.1, 0.15) is 0 Å². The monoisotopic (exact) mass is 266 g/mol. The number of benzene rings is 2. The van der Waals surface area contributed by atoms with Crippen LogP contribution < -0.4 is 0 Å². The summed E-state index contributed by atoms with van der Waals surface area (Å²) in [6.07, 6.45) is 4.47. The van der Waals surface area contributed by atoms with Gasteiger partial charge in [0.2, 0.25) is 12.2 Å². The average molecular weight is 266 g/mol. The third-order valence-electron chi connectivity index (χ3n) is 3.20. The molecule has 0 saturated heterocycles. The fraction of sp³-hybridized carbons (Fsp3) is 0.250. The Bertz CT molecular complexity index is 678. The van der Waals surface area contributed by atoms with E-state index in [1.165, 1.54) is 6.08 Å². The third kappa shape index (κ3) is 3.27. The molecule has 4 heteroatoms. The SMILES string of the molecule is O=C=NCCCC(N=C=O)c1cccc2ccccc12. The molecule has 0 aliphatic carbocycles. The second-order valence-electron chi connectivity index (χ2n) is 4.42. The van der Waals surface area contributed by atoms with Gasteiger partial charge in [-0.05, 0) is 29.2 Å². The molecule has 20 heavy (non-hydrogen) atoms. The molecule has 0 aromatic heterocycles. The first-order valence-electron chi connectivity index (χ1n) is 6.45. The van der Waals surface area contributed by atoms with Crippen molar-refractivity contribution in [2.75, 3.05) is 6.54 Å². The minimum absolute atomic E-state index is 0.250. The molecule has 0 fully saturated rings. The second kappa shape index (κ2) is 7.15. The van der Waals surface area contributed by atoms with Crippen molar-refractivity contribution in [2.24, 2.45) is 9.98 Å². The van der Waals surface area contributed by atoms with Gasteiger partial charge < -0.3 is 0 Å². The number of fused-ring (bicyclic) bond motifs is 1. The van der Waals surface area contributed by atoms with E-state index in [1.54, 1.807) is 6.08 Å². The number of hydrogen-bond acceptors (Lipinski definition) is 4. The molecule has 0 saturated carbocycles. The molecule has 0 radical (unpaired) electrons. The summed E-state index contributed by atoms with van der Waals surface area (Å²) in [4.78, 5) is 28.1. The molecule has 4 nitrogen and oxygen atoms in total. The lowest BCUT2D eigenvalue weighted by Crippen LogP contribution is -1.98. The number of isocyanates is 2. The van der Waals surface area contributed by atoms with Crippen molar-refractivity contribution in [1.82, 2.24) is 0 Å². The van der Waals surface area contributed by atoms with Gasteiger partial charge in [0.15, 0.2) is 0 Å². The Kier molecular flexibility index (Phi) is 4.96. The van der Waals surface area contributed by atoms with Crippen LogP contribution in [0.15, 0.2) is 52.4 Å². The molecule has 1 unspecified atom stereocenters. The summed E-state index contributed by atoms with van der Waals surface area (Å²) in [5, 5.41) is 2.19. The van der Waals surface area contributed by atoms with Crippen LogP contribution in [0.2, 0.25) is 0 Å². The number of nitrogens with zero attached hydrogens (tertiary/aromatic N) is 2. The summed E-state index contributed by atoms with van der Waals surface area (Å²) in [7, 11) is 0. The number of hydrogen-bond donors (Lipinski definition) is 0. The van der Waals surface area contributed by atoms with Crippen LogP contribution in [0.5, 0.6) is 0 Å². The normalized spacial score (nSPS) is 11.4. The van der Waals surface area contributed by atoms with Crippen molar-refractivity contribution in [2.45, 2.75) is 18.9 Å². The van der Waals surface area contributed by atoms with E-state index in [4.69, 9.17) is 0 Å². The largest absolute Gasteiger partial charge is 0.235 e. The van der Waals surface area contributed by atoms with E-state index < -0.39 is 0 Å². The molecular weight excluding hydrogens is 252 g/mol. The zero-order valence-electron chi connectivity index (χ0n) is 11.0. The zero-order chi connectivity index (χ0) is 14.2. The molecular formula is C16H14N2O2. The molecule has 0 bridgehead atoms. The van der Waals surface area contributed by atoms with Crippen molar-refractivity contribution in [3.8, 4) is 0 Å². The van der Waals surface area contributed by atoms with Crippen LogP contribution in [0.4, 0.5) is 0 Å². The van der Waals surface area contributed by atoms with Crippen LogP contribution in [0.3, 0.4) is 0 Å². The molecule has 2 rings (SSSR count). The molecule has 0 N–H and O–H groups in total. The van der Waals surface area contributed by atoms with E-state index in [2.05, 4.69) is 9.98 Å². The van der Waals surface area contributed by atoms with Crippen LogP contribution in [-0.2, 0) is 9.59 Å². The summed E-state index contributed by atoms with van der Waals surface area (Å²) in [6, 6.07) is 13.7. The smallest absolute Gasteiger partial charge is 0.211 e. The van der Waals surface area contributed by atoms with Crippen molar-refractivity contribution in [1.29, 1.82) is 0 Å². The van der Waals surface area contributed by atoms with E-state index in [0.717, 1.165) is 16.3 Å². The van der Waals surface area contributed by atoms with Gasteiger partial charge in [0, 0.05) is 0 Å². The summed E-state index contributed by atoms with van der Waals surface area (Å²) < 4.78 is 0. The van der Waals surface area contributed by atoms with E-state index in [0.29, 0.717) is 19.4 Å². The molecule has 0 spiro atoms. The molecule has 100 valence electrons. The average Bonchev–Trinajstić information content (AvgIpc) is 2.50. The molecule has 1 atom stereocenters. The van der Waals surface area contributed by atoms with Crippen LogP contribution in [-0.4, -0.2) is 18.7 Å². The zero-order valence-corrected chi connectivity index (χ0v) is 11.0. The van der Waals surface area contributed by atoms with Gasteiger partial charge in [-0.25, -0.2) is 14.6 Å². The number of carbonyl (C=O) groups excluding carboxylic acids is 2. The highest BCUT2D eigenvalue weighted by Crippen LogP contribution is 2.29. The van der Waals surface area contributed by atoms with E-state index in [9.17, 15) is 9.59 Å². The van der Waals surface area contributed by atoms with Crippen molar-refractivity contribution in [3.05, 3.63) is 48.0 Å². The maximum Gasteiger partial charge on any atom is 0.235 e. The van der Waals surface area contributed by atoms with Crippen LogP contribution in [0.25, 0.3) is 10.8 Å². The lowest BCUT2D eigenvalue weighted by molar-refractivity contribution is 0.548. The summed E-state index contributed by atoms with van der Waals surface area (Å²) in [5.74, 6) is 0. The standard InChI is InChI=1S/C16H14N2O2/c19-11-17-10-4-9-16(18-12-20)15-8-3-6-13-5-1-2-7-14(13)15/h1-3,5-8,16H,4,9-10H2. The van der Waals surface area contributed by atoms with Crippen molar-refractivity contribution >= 4 is 22.9 Å². The van der Waals surface area contributed by atoms with Gasteiger partial charge >= 0.3 is 0 Å². The van der Waals surface area contributed by atoms with Gasteiger partial charge in [0.25, 0.3) is 0 Å². The van der Waals surface area contributed by atoms with Crippen LogP contribution in [0, 0.1) is 0 Å². The highest BCUT2D eigenvalue weighted by Gasteiger charge is 2.12. The van der Waals surface area contributed by atoms with E-state index >= 15 is 0 Å². The van der Waals surface area contributed by atoms with E-state index in [1.807, 2.05) is 42.5 Å². The van der Waals surface area contributed by atoms with Gasteiger partial charge in [-0.3, -0.25) is 0 Å². The summed E-state index contributed by atoms with van der Waals surface area (Å²) in [6.45, 7) is 0.402. The fourth-order valence-corrected chi connectivity index (χ4v) is 2.30. The molecule has 0 aliphatic heterocycles. The Hall–Kier alpha value is -2.54. The number of aliphatic imine (C=N–C) groups is 2. The fourth-order valence-electron chi connectivity index (χ4n) is 2.30. The van der Waals surface area contributed by atoms with Crippen molar-refractivity contribution < 1.29 is 9.59 Å². The van der Waals surface area contributed by atoms with Crippen molar-refractivity contribution in [3.63, 3.8) is 0 Å². The van der Waals surface area contributed by atoms with Gasteiger partial charge in [-0.15, -0.1) is 0 Å². The quantitative estimate of drug-likeness (QED) is 0.457. The third-order valence-corrected chi connectivity index (χ3v) is 3.20. The van der Waals surface area contributed by atoms with Gasteiger partial charge in [-0.2, -0.15) is 4.99 Å². The first-order chi connectivity index (χ1) is 9.86. The Morgan fingerprint density at radius 3 is 2.60 bits per heavy atom. The highest BCUT2D eigenvalue weighted by atomic mass is 16.1. The molecule has 0 amide bonds. The van der Waals surface area contributed by atoms with Crippen LogP contribution >= 0.6 is 0 Å². The van der Waals surface area contributed by atoms with Gasteiger partial charge in [0.05, 0.1) is 12.6 Å². The summed E-state index contributed by atoms with van der Waals surface area (Å²) >= 11 is 0. The first kappa shape index (κ1) is 13.9. The predicted octanol–water partition coefficient (Wildman–Crippen LogP) is 3.33. The first-order valence-corrected chi connectivity index (χ1v) is 6.45. The Labute approximate surface area is 116 Å². The maximum atomic E-state index is 10.6. The highest BCUT2D eigenvalue weighted by molar-refractivity contribution is 5.86. The lowest BCUT2D eigenvalue weighted by Gasteiger charge is -2.13. The lowest BCUT2D eigenvalue weighted by atomic mass is 9.96. The van der Waals surface area contributed by atoms with E-state index in [-0.39, 0.29) is 6.04 Å². The maximum absolute atomic E-state index is 10.6. The van der Waals surface area contributed by atoms with Crippen LogP contribution in [0.1, 0.15) is 24.4 Å². The minimum atomic E-state index is -0.250. The Morgan fingerprint density at radius 2 is 1.80 bits per heavy atom. The molecule has 0 aliphatic rings. The topological polar surface area (TPSA) is 58.9 Å². The molecule has 0 heterocycles. The second-order valence-corrected chi connectivity index (χ2v) is 4.42. The molecule has 2 aromatic rings. The minimum Gasteiger partial charge on any atom is -0.211 e. The molecule has 2 aromatic carbocycles.